The summed E-state index contributed by atoms with van der Waals surface area (Å²) in [6.07, 6.45) is 6.93. The second kappa shape index (κ2) is 6.22. The third kappa shape index (κ3) is 2.84. The van der Waals surface area contributed by atoms with Crippen LogP contribution in [-0.2, 0) is 29.3 Å². The van der Waals surface area contributed by atoms with E-state index in [1.165, 1.54) is 20.3 Å². The van der Waals surface area contributed by atoms with Crippen LogP contribution in [0.3, 0.4) is 0 Å². The fourth-order valence-corrected chi connectivity index (χ4v) is 2.34. The molecule has 1 aromatic carbocycles. The van der Waals surface area contributed by atoms with Crippen molar-refractivity contribution in [2.45, 2.75) is 24.9 Å². The number of methoxy groups -OCH3 is 2. The standard InChI is InChI=1S/C17H18O5/c1-5-11-17(13-9-7-6-8-10-13)14(12-15(18)19-3)21-16(2,20-4)22-17/h1,6-10,12H,11H2,2-4H3/b14-12-. The van der Waals surface area contributed by atoms with E-state index >= 15 is 0 Å². The van der Waals surface area contributed by atoms with E-state index < -0.39 is 17.5 Å². The summed E-state index contributed by atoms with van der Waals surface area (Å²) in [4.78, 5) is 11.7. The molecule has 0 bridgehead atoms. The first-order chi connectivity index (χ1) is 10.5. The van der Waals surface area contributed by atoms with E-state index in [1.54, 1.807) is 6.92 Å². The lowest BCUT2D eigenvalue weighted by atomic mass is 9.88. The minimum Gasteiger partial charge on any atom is -0.466 e. The van der Waals surface area contributed by atoms with Gasteiger partial charge in [0.15, 0.2) is 5.60 Å². The summed E-state index contributed by atoms with van der Waals surface area (Å²) in [6, 6.07) is 9.30. The largest absolute Gasteiger partial charge is 0.466 e. The molecular weight excluding hydrogens is 284 g/mol. The van der Waals surface area contributed by atoms with Crippen molar-refractivity contribution in [3.8, 4) is 12.3 Å². The number of esters is 1. The van der Waals surface area contributed by atoms with Gasteiger partial charge in [-0.2, -0.15) is 0 Å². The average molecular weight is 302 g/mol. The Morgan fingerprint density at radius 2 is 2.05 bits per heavy atom. The van der Waals surface area contributed by atoms with Gasteiger partial charge >= 0.3 is 11.9 Å². The molecule has 1 aliphatic heterocycles. The van der Waals surface area contributed by atoms with Crippen molar-refractivity contribution in [2.24, 2.45) is 0 Å². The van der Waals surface area contributed by atoms with Crippen LogP contribution in [0.1, 0.15) is 18.9 Å². The van der Waals surface area contributed by atoms with Crippen molar-refractivity contribution in [2.75, 3.05) is 14.2 Å². The smallest absolute Gasteiger partial charge is 0.334 e. The Bertz CT molecular complexity index is 616. The SMILES string of the molecule is C#CCC1(c2ccccc2)OC(C)(OC)O/C1=C\C(=O)OC. The van der Waals surface area contributed by atoms with E-state index in [1.807, 2.05) is 30.3 Å². The van der Waals surface area contributed by atoms with E-state index in [2.05, 4.69) is 10.7 Å². The Kier molecular flexibility index (Phi) is 4.55. The van der Waals surface area contributed by atoms with E-state index in [4.69, 9.17) is 20.6 Å². The summed E-state index contributed by atoms with van der Waals surface area (Å²) in [6.45, 7) is 1.61. The lowest BCUT2D eigenvalue weighted by molar-refractivity contribution is -0.322. The molecule has 0 aliphatic carbocycles. The van der Waals surface area contributed by atoms with Gasteiger partial charge in [-0.3, -0.25) is 4.74 Å². The van der Waals surface area contributed by atoms with Crippen molar-refractivity contribution < 1.29 is 23.7 Å². The van der Waals surface area contributed by atoms with Gasteiger partial charge in [0.05, 0.1) is 13.2 Å². The Morgan fingerprint density at radius 3 is 2.59 bits per heavy atom. The minimum atomic E-state index is -1.34. The molecule has 1 aromatic rings. The number of carbonyl (C=O) groups is 1. The number of hydrogen-bond donors (Lipinski definition) is 0. The van der Waals surface area contributed by atoms with E-state index in [-0.39, 0.29) is 12.2 Å². The summed E-state index contributed by atoms with van der Waals surface area (Å²) in [5.41, 5.74) is -0.335. The lowest BCUT2D eigenvalue weighted by Gasteiger charge is -2.27. The molecular formula is C17H18O5. The number of carbonyl (C=O) groups excluding carboxylic acids is 1. The van der Waals surface area contributed by atoms with Gasteiger partial charge < -0.3 is 14.2 Å². The second-order valence-corrected chi connectivity index (χ2v) is 4.88. The van der Waals surface area contributed by atoms with Crippen LogP contribution in [-0.4, -0.2) is 26.2 Å². The van der Waals surface area contributed by atoms with E-state index in [0.717, 1.165) is 5.56 Å². The quantitative estimate of drug-likeness (QED) is 0.485. The molecule has 0 aromatic heterocycles. The van der Waals surface area contributed by atoms with Gasteiger partial charge in [-0.1, -0.05) is 30.3 Å². The fraction of sp³-hybridized carbons (Fsp3) is 0.353. The molecule has 0 saturated carbocycles. The highest BCUT2D eigenvalue weighted by atomic mass is 16.9. The van der Waals surface area contributed by atoms with Crippen molar-refractivity contribution in [1.82, 2.24) is 0 Å². The number of benzene rings is 1. The number of rotatable bonds is 4. The molecule has 22 heavy (non-hydrogen) atoms. The maximum absolute atomic E-state index is 11.7. The van der Waals surface area contributed by atoms with Gasteiger partial charge in [-0.25, -0.2) is 4.79 Å². The lowest BCUT2D eigenvalue weighted by Crippen LogP contribution is -2.34. The second-order valence-electron chi connectivity index (χ2n) is 4.88. The predicted octanol–water partition coefficient (Wildman–Crippen LogP) is 2.33. The molecule has 1 heterocycles. The van der Waals surface area contributed by atoms with Gasteiger partial charge in [0.2, 0.25) is 0 Å². The van der Waals surface area contributed by atoms with E-state index in [9.17, 15) is 4.79 Å². The normalized spacial score (nSPS) is 28.9. The van der Waals surface area contributed by atoms with Crippen LogP contribution < -0.4 is 0 Å². The summed E-state index contributed by atoms with van der Waals surface area (Å²) in [7, 11) is 2.74. The van der Waals surface area contributed by atoms with Crippen LogP contribution in [0.15, 0.2) is 42.2 Å². The predicted molar refractivity (Wildman–Crippen MR) is 79.3 cm³/mol. The summed E-state index contributed by atoms with van der Waals surface area (Å²) < 4.78 is 21.7. The molecule has 1 saturated heterocycles. The summed E-state index contributed by atoms with van der Waals surface area (Å²) >= 11 is 0. The van der Waals surface area contributed by atoms with Crippen molar-refractivity contribution >= 4 is 5.97 Å². The first kappa shape index (κ1) is 16.1. The van der Waals surface area contributed by atoms with Crippen LogP contribution in [0.25, 0.3) is 0 Å². The summed E-state index contributed by atoms with van der Waals surface area (Å²) in [5, 5.41) is 0. The zero-order valence-corrected chi connectivity index (χ0v) is 12.8. The maximum Gasteiger partial charge on any atom is 0.334 e. The average Bonchev–Trinajstić information content (AvgIpc) is 2.82. The highest BCUT2D eigenvalue weighted by molar-refractivity contribution is 5.82. The first-order valence-electron chi connectivity index (χ1n) is 6.73. The Morgan fingerprint density at radius 1 is 1.36 bits per heavy atom. The maximum atomic E-state index is 11.7. The molecule has 5 heteroatoms. The molecule has 1 aliphatic rings. The molecule has 116 valence electrons. The molecule has 0 N–H and O–H groups in total. The van der Waals surface area contributed by atoms with Gasteiger partial charge in [-0.15, -0.1) is 12.3 Å². The third-order valence-corrected chi connectivity index (χ3v) is 3.47. The van der Waals surface area contributed by atoms with Crippen LogP contribution in [0.5, 0.6) is 0 Å². The van der Waals surface area contributed by atoms with Crippen LogP contribution in [0, 0.1) is 12.3 Å². The molecule has 0 radical (unpaired) electrons. The molecule has 2 rings (SSSR count). The zero-order valence-electron chi connectivity index (χ0n) is 12.8. The van der Waals surface area contributed by atoms with Crippen LogP contribution in [0.4, 0.5) is 0 Å². The number of terminal acetylenes is 1. The summed E-state index contributed by atoms with van der Waals surface area (Å²) in [5.74, 6) is 0.936. The minimum absolute atomic E-state index is 0.179. The van der Waals surface area contributed by atoms with Gasteiger partial charge in [-0.05, 0) is 5.56 Å². The molecule has 0 amide bonds. The zero-order chi connectivity index (χ0) is 16.2. The van der Waals surface area contributed by atoms with E-state index in [0.29, 0.717) is 0 Å². The third-order valence-electron chi connectivity index (χ3n) is 3.47. The van der Waals surface area contributed by atoms with Crippen LogP contribution >= 0.6 is 0 Å². The highest BCUT2D eigenvalue weighted by Crippen LogP contribution is 2.48. The Hall–Kier alpha value is -2.29. The van der Waals surface area contributed by atoms with Crippen molar-refractivity contribution in [1.29, 1.82) is 0 Å². The van der Waals surface area contributed by atoms with Gasteiger partial charge in [0.1, 0.15) is 5.76 Å². The van der Waals surface area contributed by atoms with Crippen molar-refractivity contribution in [3.63, 3.8) is 0 Å². The topological polar surface area (TPSA) is 54.0 Å². The Labute approximate surface area is 129 Å². The highest BCUT2D eigenvalue weighted by Gasteiger charge is 2.54. The monoisotopic (exact) mass is 302 g/mol. The molecule has 2 unspecified atom stereocenters. The van der Waals surface area contributed by atoms with Gasteiger partial charge in [0.25, 0.3) is 0 Å². The Balaban J connectivity index is 2.59. The fourth-order valence-electron chi connectivity index (χ4n) is 2.34. The molecule has 0 spiro atoms. The van der Waals surface area contributed by atoms with Crippen LogP contribution in [0.2, 0.25) is 0 Å². The number of hydrogen-bond acceptors (Lipinski definition) is 5. The van der Waals surface area contributed by atoms with Gasteiger partial charge in [0, 0.05) is 20.5 Å². The first-order valence-corrected chi connectivity index (χ1v) is 6.73. The number of ether oxygens (including phenoxy) is 4. The van der Waals surface area contributed by atoms with Crippen molar-refractivity contribution in [3.05, 3.63) is 47.7 Å². The molecule has 5 nitrogen and oxygen atoms in total. The molecule has 2 atom stereocenters. The molecule has 1 fully saturated rings.